The number of rotatable bonds is 4. The van der Waals surface area contributed by atoms with Crippen molar-refractivity contribution in [3.05, 3.63) is 48.5 Å². The number of H-pyrrole nitrogens is 1. The molecule has 0 unspecified atom stereocenters. The zero-order valence-electron chi connectivity index (χ0n) is 14.4. The predicted octanol–water partition coefficient (Wildman–Crippen LogP) is 2.64. The van der Waals surface area contributed by atoms with E-state index in [0.717, 1.165) is 4.31 Å². The zero-order chi connectivity index (χ0) is 19.2. The Balaban J connectivity index is 1.85. The van der Waals surface area contributed by atoms with Gasteiger partial charge >= 0.3 is 0 Å². The summed E-state index contributed by atoms with van der Waals surface area (Å²) in [5.74, 6) is 0.359. The van der Waals surface area contributed by atoms with Crippen LogP contribution >= 0.6 is 0 Å². The molecule has 2 N–H and O–H groups in total. The molecule has 0 spiro atoms. The van der Waals surface area contributed by atoms with E-state index in [-0.39, 0.29) is 10.7 Å². The summed E-state index contributed by atoms with van der Waals surface area (Å²) in [4.78, 5) is 8.49. The first-order valence-corrected chi connectivity index (χ1v) is 9.38. The van der Waals surface area contributed by atoms with Crippen LogP contribution in [0, 0.1) is 5.82 Å². The largest absolute Gasteiger partial charge is 0.322 e. The molecule has 2 heterocycles. The second-order valence-corrected chi connectivity index (χ2v) is 8.23. The summed E-state index contributed by atoms with van der Waals surface area (Å²) in [7, 11) is -0.683. The van der Waals surface area contributed by atoms with E-state index in [1.54, 1.807) is 12.1 Å². The van der Waals surface area contributed by atoms with Crippen LogP contribution in [-0.2, 0) is 10.0 Å². The van der Waals surface area contributed by atoms with Gasteiger partial charge < -0.3 is 5.32 Å². The highest BCUT2D eigenvalue weighted by Gasteiger charge is 2.19. The van der Waals surface area contributed by atoms with Gasteiger partial charge in [0.2, 0.25) is 10.0 Å². The number of sulfonamides is 1. The summed E-state index contributed by atoms with van der Waals surface area (Å²) in [6, 6.07) is 8.88. The molecule has 2 aromatic heterocycles. The van der Waals surface area contributed by atoms with Crippen LogP contribution < -0.4 is 5.32 Å². The number of aromatic nitrogens is 4. The van der Waals surface area contributed by atoms with Crippen LogP contribution in [0.4, 0.5) is 16.0 Å². The van der Waals surface area contributed by atoms with Crippen molar-refractivity contribution in [1.29, 1.82) is 0 Å². The summed E-state index contributed by atoms with van der Waals surface area (Å²) < 4.78 is 39.6. The van der Waals surface area contributed by atoms with Crippen molar-refractivity contribution in [1.82, 2.24) is 24.5 Å². The third-order valence-corrected chi connectivity index (χ3v) is 5.96. The van der Waals surface area contributed by atoms with E-state index in [1.807, 2.05) is 0 Å². The zero-order valence-corrected chi connectivity index (χ0v) is 15.2. The molecule has 0 aliphatic heterocycles. The molecule has 0 fully saturated rings. The van der Waals surface area contributed by atoms with Crippen LogP contribution in [0.1, 0.15) is 0 Å². The number of benzene rings is 2. The summed E-state index contributed by atoms with van der Waals surface area (Å²) >= 11 is 0. The maximum absolute atomic E-state index is 13.6. The standard InChI is InChI=1S/C17H15FN6O2S/c1-24(2)27(25,26)11-4-6-14-13(8-11)16(20-9-19-14)21-17-12-7-10(18)3-5-15(12)22-23-17/h3-9H,1-2H3,(H2,19,20,21,22,23). The van der Waals surface area contributed by atoms with Crippen LogP contribution in [0.5, 0.6) is 0 Å². The number of hydrogen-bond donors (Lipinski definition) is 2. The Kier molecular flexibility index (Phi) is 4.01. The van der Waals surface area contributed by atoms with Gasteiger partial charge in [0.15, 0.2) is 5.82 Å². The van der Waals surface area contributed by atoms with Crippen molar-refractivity contribution < 1.29 is 12.8 Å². The summed E-state index contributed by atoms with van der Waals surface area (Å²) in [5.41, 5.74) is 1.23. The van der Waals surface area contributed by atoms with E-state index < -0.39 is 10.0 Å². The van der Waals surface area contributed by atoms with Crippen LogP contribution in [0.2, 0.25) is 0 Å². The van der Waals surface area contributed by atoms with Gasteiger partial charge in [-0.3, -0.25) is 5.10 Å². The topological polar surface area (TPSA) is 104 Å². The van der Waals surface area contributed by atoms with Crippen molar-refractivity contribution in [3.63, 3.8) is 0 Å². The quantitative estimate of drug-likeness (QED) is 0.559. The van der Waals surface area contributed by atoms with Gasteiger partial charge in [-0.05, 0) is 36.4 Å². The Bertz CT molecular complexity index is 1270. The van der Waals surface area contributed by atoms with E-state index in [4.69, 9.17) is 0 Å². The SMILES string of the molecule is CN(C)S(=O)(=O)c1ccc2ncnc(Nc3n[nH]c4ccc(F)cc34)c2c1. The number of fused-ring (bicyclic) bond motifs is 2. The van der Waals surface area contributed by atoms with Gasteiger partial charge in [0.1, 0.15) is 18.0 Å². The number of hydrogen-bond acceptors (Lipinski definition) is 6. The minimum absolute atomic E-state index is 0.121. The second kappa shape index (κ2) is 6.25. The fourth-order valence-electron chi connectivity index (χ4n) is 2.70. The molecule has 0 radical (unpaired) electrons. The Hall–Kier alpha value is -3.11. The van der Waals surface area contributed by atoms with Crippen molar-refractivity contribution in [2.24, 2.45) is 0 Å². The maximum Gasteiger partial charge on any atom is 0.242 e. The van der Waals surface area contributed by atoms with E-state index in [1.165, 1.54) is 44.7 Å². The lowest BCUT2D eigenvalue weighted by atomic mass is 10.2. The van der Waals surface area contributed by atoms with Crippen LogP contribution in [0.3, 0.4) is 0 Å². The monoisotopic (exact) mass is 386 g/mol. The van der Waals surface area contributed by atoms with Crippen LogP contribution in [0.15, 0.2) is 47.6 Å². The van der Waals surface area contributed by atoms with Gasteiger partial charge in [0, 0.05) is 24.9 Å². The number of nitrogens with zero attached hydrogens (tertiary/aromatic N) is 4. The van der Waals surface area contributed by atoms with Crippen LogP contribution in [-0.4, -0.2) is 47.0 Å². The number of anilines is 2. The highest BCUT2D eigenvalue weighted by atomic mass is 32.2. The molecule has 10 heteroatoms. The van der Waals surface area contributed by atoms with Gasteiger partial charge in [0.05, 0.1) is 15.9 Å². The number of halogens is 1. The molecule has 0 saturated heterocycles. The Morgan fingerprint density at radius 3 is 2.63 bits per heavy atom. The molecular formula is C17H15FN6O2S. The molecule has 138 valence electrons. The van der Waals surface area contributed by atoms with Gasteiger partial charge in [-0.25, -0.2) is 27.1 Å². The molecule has 2 aromatic carbocycles. The van der Waals surface area contributed by atoms with Crippen LogP contribution in [0.25, 0.3) is 21.8 Å². The molecule has 0 aliphatic rings. The first-order chi connectivity index (χ1) is 12.9. The van der Waals surface area contributed by atoms with Gasteiger partial charge in [-0.2, -0.15) is 5.10 Å². The highest BCUT2D eigenvalue weighted by Crippen LogP contribution is 2.29. The fraction of sp³-hybridized carbons (Fsp3) is 0.118. The van der Waals surface area contributed by atoms with Crippen molar-refractivity contribution in [2.45, 2.75) is 4.90 Å². The first-order valence-electron chi connectivity index (χ1n) is 7.94. The molecule has 27 heavy (non-hydrogen) atoms. The number of nitrogens with one attached hydrogen (secondary N) is 2. The fourth-order valence-corrected chi connectivity index (χ4v) is 3.63. The summed E-state index contributed by atoms with van der Waals surface area (Å²) in [6.07, 6.45) is 1.36. The summed E-state index contributed by atoms with van der Waals surface area (Å²) in [5, 5.41) is 11.1. The molecule has 8 nitrogen and oxygen atoms in total. The van der Waals surface area contributed by atoms with Gasteiger partial charge in [-0.1, -0.05) is 0 Å². The second-order valence-electron chi connectivity index (χ2n) is 6.08. The molecule has 0 aliphatic carbocycles. The number of aromatic amines is 1. The van der Waals surface area contributed by atoms with E-state index >= 15 is 0 Å². The Morgan fingerprint density at radius 2 is 1.85 bits per heavy atom. The van der Waals surface area contributed by atoms with Gasteiger partial charge in [-0.15, -0.1) is 0 Å². The first kappa shape index (κ1) is 17.3. The van der Waals surface area contributed by atoms with E-state index in [0.29, 0.717) is 33.4 Å². The predicted molar refractivity (Wildman–Crippen MR) is 99.7 cm³/mol. The third-order valence-electron chi connectivity index (χ3n) is 4.15. The average Bonchev–Trinajstić information content (AvgIpc) is 3.03. The minimum atomic E-state index is -3.61. The normalized spacial score (nSPS) is 12.1. The van der Waals surface area contributed by atoms with Crippen molar-refractivity contribution in [3.8, 4) is 0 Å². The lowest BCUT2D eigenvalue weighted by molar-refractivity contribution is 0.521. The molecule has 0 amide bonds. The molecular weight excluding hydrogens is 371 g/mol. The lowest BCUT2D eigenvalue weighted by Gasteiger charge is -2.12. The molecule has 0 atom stereocenters. The molecule has 0 bridgehead atoms. The molecule has 0 saturated carbocycles. The van der Waals surface area contributed by atoms with Crippen molar-refractivity contribution >= 4 is 43.5 Å². The average molecular weight is 386 g/mol. The Labute approximate surface area is 154 Å². The third kappa shape index (κ3) is 2.98. The maximum atomic E-state index is 13.6. The smallest absolute Gasteiger partial charge is 0.242 e. The highest BCUT2D eigenvalue weighted by molar-refractivity contribution is 7.89. The lowest BCUT2D eigenvalue weighted by Crippen LogP contribution is -2.22. The summed E-state index contributed by atoms with van der Waals surface area (Å²) in [6.45, 7) is 0. The Morgan fingerprint density at radius 1 is 1.04 bits per heavy atom. The van der Waals surface area contributed by atoms with E-state index in [2.05, 4.69) is 25.5 Å². The molecule has 4 aromatic rings. The van der Waals surface area contributed by atoms with E-state index in [9.17, 15) is 12.8 Å². The minimum Gasteiger partial charge on any atom is -0.322 e. The molecule has 4 rings (SSSR count). The van der Waals surface area contributed by atoms with Gasteiger partial charge in [0.25, 0.3) is 0 Å². The van der Waals surface area contributed by atoms with Crippen molar-refractivity contribution in [2.75, 3.05) is 19.4 Å².